The van der Waals surface area contributed by atoms with E-state index in [0.717, 1.165) is 0 Å². The molecule has 62 valence electrons. The molecule has 1 aliphatic heterocycles. The summed E-state index contributed by atoms with van der Waals surface area (Å²) in [6.45, 7) is 0. The zero-order valence-electron chi connectivity index (χ0n) is 5.99. The van der Waals surface area contributed by atoms with Gasteiger partial charge in [-0.2, -0.15) is 0 Å². The number of fused-ring (bicyclic) bond motifs is 1. The predicted molar refractivity (Wildman–Crippen MR) is 42.6 cm³/mol. The summed E-state index contributed by atoms with van der Waals surface area (Å²) in [5.41, 5.74) is 0. The molecule has 1 atom stereocenters. The molecule has 0 radical (unpaired) electrons. The molecule has 4 heteroatoms. The van der Waals surface area contributed by atoms with Crippen LogP contribution in [0.4, 0.5) is 0 Å². The van der Waals surface area contributed by atoms with Crippen LogP contribution >= 0.6 is 11.6 Å². The molecule has 0 saturated heterocycles. The fourth-order valence-electron chi connectivity index (χ4n) is 1.02. The summed E-state index contributed by atoms with van der Waals surface area (Å²) in [4.78, 5) is 10.3. The second kappa shape index (κ2) is 2.68. The summed E-state index contributed by atoms with van der Waals surface area (Å²) >= 11 is 5.77. The molecule has 1 aromatic rings. The average molecular weight is 185 g/mol. The maximum atomic E-state index is 10.3. The monoisotopic (exact) mass is 184 g/mol. The van der Waals surface area contributed by atoms with Crippen molar-refractivity contribution >= 4 is 17.9 Å². The number of benzene rings is 1. The summed E-state index contributed by atoms with van der Waals surface area (Å²) in [6, 6.07) is 5.11. The Labute approximate surface area is 73.8 Å². The Balaban J connectivity index is 2.41. The summed E-state index contributed by atoms with van der Waals surface area (Å²) in [7, 11) is 0. The molecule has 0 amide bonds. The Morgan fingerprint density at radius 2 is 2.25 bits per heavy atom. The summed E-state index contributed by atoms with van der Waals surface area (Å²) in [6.07, 6.45) is -0.268. The molecule has 0 fully saturated rings. The molecule has 0 saturated carbocycles. The first kappa shape index (κ1) is 7.43. The van der Waals surface area contributed by atoms with Crippen molar-refractivity contribution in [3.05, 3.63) is 23.2 Å². The van der Waals surface area contributed by atoms with Gasteiger partial charge in [0.05, 0.1) is 5.02 Å². The molecule has 12 heavy (non-hydrogen) atoms. The first-order valence-corrected chi connectivity index (χ1v) is 3.76. The van der Waals surface area contributed by atoms with Crippen LogP contribution in [0.3, 0.4) is 0 Å². The van der Waals surface area contributed by atoms with Crippen molar-refractivity contribution in [2.24, 2.45) is 0 Å². The van der Waals surface area contributed by atoms with Crippen molar-refractivity contribution in [2.45, 2.75) is 6.29 Å². The molecule has 0 N–H and O–H groups in total. The van der Waals surface area contributed by atoms with Crippen molar-refractivity contribution in [1.82, 2.24) is 0 Å². The lowest BCUT2D eigenvalue weighted by Crippen LogP contribution is -2.18. The van der Waals surface area contributed by atoms with Crippen LogP contribution in [-0.4, -0.2) is 12.6 Å². The van der Waals surface area contributed by atoms with Gasteiger partial charge < -0.3 is 9.47 Å². The van der Waals surface area contributed by atoms with Gasteiger partial charge in [0.25, 0.3) is 6.29 Å². The van der Waals surface area contributed by atoms with E-state index in [1.54, 1.807) is 18.2 Å². The highest BCUT2D eigenvalue weighted by atomic mass is 35.5. The number of rotatable bonds is 1. The van der Waals surface area contributed by atoms with E-state index in [-0.39, 0.29) is 0 Å². The molecule has 0 aromatic heterocycles. The van der Waals surface area contributed by atoms with Gasteiger partial charge in [0, 0.05) is 0 Å². The van der Waals surface area contributed by atoms with E-state index in [9.17, 15) is 4.79 Å². The number of hydrogen-bond acceptors (Lipinski definition) is 3. The molecule has 2 rings (SSSR count). The second-order valence-corrected chi connectivity index (χ2v) is 2.71. The highest BCUT2D eigenvalue weighted by Gasteiger charge is 2.25. The van der Waals surface area contributed by atoms with Crippen molar-refractivity contribution in [3.8, 4) is 11.5 Å². The number of carbonyl (C=O) groups is 1. The van der Waals surface area contributed by atoms with Crippen LogP contribution in [0.1, 0.15) is 0 Å². The first-order chi connectivity index (χ1) is 5.81. The van der Waals surface area contributed by atoms with Gasteiger partial charge in [-0.25, -0.2) is 0 Å². The Morgan fingerprint density at radius 3 is 2.92 bits per heavy atom. The molecular formula is C8H5ClO3. The van der Waals surface area contributed by atoms with E-state index in [1.807, 2.05) is 0 Å². The quantitative estimate of drug-likeness (QED) is 0.623. The van der Waals surface area contributed by atoms with Crippen LogP contribution in [0.15, 0.2) is 18.2 Å². The topological polar surface area (TPSA) is 35.5 Å². The van der Waals surface area contributed by atoms with Crippen LogP contribution in [0, 0.1) is 0 Å². The predicted octanol–water partition coefficient (Wildman–Crippen LogP) is 1.64. The minimum atomic E-state index is -0.847. The lowest BCUT2D eigenvalue weighted by molar-refractivity contribution is -0.121. The third kappa shape index (κ3) is 1.02. The Kier molecular flexibility index (Phi) is 1.66. The summed E-state index contributed by atoms with van der Waals surface area (Å²) in [5.74, 6) is 0.955. The molecule has 1 unspecified atom stereocenters. The third-order valence-corrected chi connectivity index (χ3v) is 1.82. The standard InChI is InChI=1S/C8H5ClO3/c9-5-2-1-3-6-8(5)12-7(4-10)11-6/h1-4,7H. The van der Waals surface area contributed by atoms with E-state index < -0.39 is 6.29 Å². The summed E-state index contributed by atoms with van der Waals surface area (Å²) in [5, 5.41) is 0.455. The number of para-hydroxylation sites is 1. The van der Waals surface area contributed by atoms with Crippen LogP contribution in [-0.2, 0) is 4.79 Å². The van der Waals surface area contributed by atoms with E-state index in [0.29, 0.717) is 22.8 Å². The first-order valence-electron chi connectivity index (χ1n) is 3.38. The summed E-state index contributed by atoms with van der Waals surface area (Å²) < 4.78 is 10.1. The van der Waals surface area contributed by atoms with Crippen LogP contribution in [0.5, 0.6) is 11.5 Å². The molecule has 1 heterocycles. The van der Waals surface area contributed by atoms with Crippen molar-refractivity contribution < 1.29 is 14.3 Å². The Morgan fingerprint density at radius 1 is 1.42 bits per heavy atom. The average Bonchev–Trinajstić information content (AvgIpc) is 2.49. The smallest absolute Gasteiger partial charge is 0.298 e. The maximum absolute atomic E-state index is 10.3. The van der Waals surface area contributed by atoms with Gasteiger partial charge in [-0.15, -0.1) is 0 Å². The Bertz CT molecular complexity index is 324. The number of carbonyl (C=O) groups excluding carboxylic acids is 1. The number of hydrogen-bond donors (Lipinski definition) is 0. The molecule has 0 spiro atoms. The lowest BCUT2D eigenvalue weighted by atomic mass is 10.3. The lowest BCUT2D eigenvalue weighted by Gasteiger charge is -1.99. The second-order valence-electron chi connectivity index (χ2n) is 2.31. The maximum Gasteiger partial charge on any atom is 0.298 e. The van der Waals surface area contributed by atoms with E-state index in [1.165, 1.54) is 0 Å². The van der Waals surface area contributed by atoms with Gasteiger partial charge in [-0.1, -0.05) is 17.7 Å². The fraction of sp³-hybridized carbons (Fsp3) is 0.125. The number of halogens is 1. The highest BCUT2D eigenvalue weighted by Crippen LogP contribution is 2.39. The largest absolute Gasteiger partial charge is 0.444 e. The van der Waals surface area contributed by atoms with Gasteiger partial charge in [-0.05, 0) is 12.1 Å². The van der Waals surface area contributed by atoms with Crippen LogP contribution in [0.25, 0.3) is 0 Å². The fourth-order valence-corrected chi connectivity index (χ4v) is 1.23. The molecule has 0 bridgehead atoms. The molecular weight excluding hydrogens is 180 g/mol. The highest BCUT2D eigenvalue weighted by molar-refractivity contribution is 6.32. The normalized spacial score (nSPS) is 19.2. The van der Waals surface area contributed by atoms with Gasteiger partial charge in [-0.3, -0.25) is 4.79 Å². The van der Waals surface area contributed by atoms with Crippen molar-refractivity contribution in [1.29, 1.82) is 0 Å². The van der Waals surface area contributed by atoms with Gasteiger partial charge in [0.1, 0.15) is 0 Å². The van der Waals surface area contributed by atoms with E-state index >= 15 is 0 Å². The van der Waals surface area contributed by atoms with Gasteiger partial charge in [0.15, 0.2) is 11.5 Å². The third-order valence-electron chi connectivity index (χ3n) is 1.52. The van der Waals surface area contributed by atoms with E-state index in [2.05, 4.69) is 0 Å². The SMILES string of the molecule is O=CC1Oc2cccc(Cl)c2O1. The van der Waals surface area contributed by atoms with Gasteiger partial charge >= 0.3 is 0 Å². The van der Waals surface area contributed by atoms with Crippen molar-refractivity contribution in [2.75, 3.05) is 0 Å². The van der Waals surface area contributed by atoms with Gasteiger partial charge in [0.2, 0.25) is 6.29 Å². The molecule has 3 nitrogen and oxygen atoms in total. The van der Waals surface area contributed by atoms with E-state index in [4.69, 9.17) is 21.1 Å². The molecule has 0 aliphatic carbocycles. The Hall–Kier alpha value is -1.22. The van der Waals surface area contributed by atoms with Crippen LogP contribution in [0.2, 0.25) is 5.02 Å². The minimum absolute atomic E-state index is 0.441. The number of ether oxygens (including phenoxy) is 2. The van der Waals surface area contributed by atoms with Crippen LogP contribution < -0.4 is 9.47 Å². The number of aldehydes is 1. The zero-order chi connectivity index (χ0) is 8.55. The van der Waals surface area contributed by atoms with Crippen molar-refractivity contribution in [3.63, 3.8) is 0 Å². The minimum Gasteiger partial charge on any atom is -0.444 e. The molecule has 1 aliphatic rings. The zero-order valence-corrected chi connectivity index (χ0v) is 6.75. The molecule has 1 aromatic carbocycles.